The molecule has 1 aromatic heterocycles. The second kappa shape index (κ2) is 7.76. The summed E-state index contributed by atoms with van der Waals surface area (Å²) in [7, 11) is 0. The molecule has 1 amide bonds. The molecule has 0 bridgehead atoms. The number of nitrogens with zero attached hydrogens (tertiary/aromatic N) is 3. The number of hydrogen-bond acceptors (Lipinski definition) is 4. The molecule has 1 atom stereocenters. The first-order valence-electron chi connectivity index (χ1n) is 8.61. The molecule has 26 heavy (non-hydrogen) atoms. The molecule has 0 radical (unpaired) electrons. The van der Waals surface area contributed by atoms with Gasteiger partial charge in [-0.05, 0) is 44.4 Å². The lowest BCUT2D eigenvalue weighted by molar-refractivity contribution is -0.133. The van der Waals surface area contributed by atoms with E-state index in [1.165, 1.54) is 6.07 Å². The molecule has 1 aromatic carbocycles. The number of benzene rings is 1. The fourth-order valence-corrected chi connectivity index (χ4v) is 3.10. The zero-order chi connectivity index (χ0) is 18.7. The quantitative estimate of drug-likeness (QED) is 0.840. The molecular weight excluding hydrogens is 340 g/mol. The van der Waals surface area contributed by atoms with Crippen molar-refractivity contribution in [3.8, 4) is 6.01 Å². The zero-order valence-corrected chi connectivity index (χ0v) is 14.8. The van der Waals surface area contributed by atoms with Crippen molar-refractivity contribution in [3.05, 3.63) is 52.9 Å². The minimum absolute atomic E-state index is 0.0983. The second-order valence-corrected chi connectivity index (χ2v) is 6.57. The first-order valence-corrected chi connectivity index (χ1v) is 8.61. The van der Waals surface area contributed by atoms with Gasteiger partial charge in [0.2, 0.25) is 5.91 Å². The normalized spacial score (nSPS) is 17.2. The lowest BCUT2D eigenvalue weighted by atomic mass is 10.1. The van der Waals surface area contributed by atoms with Gasteiger partial charge in [0.25, 0.3) is 0 Å². The maximum atomic E-state index is 13.8. The Bertz CT molecular complexity index is 793. The number of aromatic nitrogens is 2. The summed E-state index contributed by atoms with van der Waals surface area (Å²) in [4.78, 5) is 22.7. The van der Waals surface area contributed by atoms with Crippen LogP contribution in [0.15, 0.2) is 24.3 Å². The molecule has 1 saturated heterocycles. The number of amides is 1. The van der Waals surface area contributed by atoms with E-state index in [4.69, 9.17) is 4.74 Å². The van der Waals surface area contributed by atoms with E-state index in [9.17, 15) is 13.6 Å². The predicted octanol–water partition coefficient (Wildman–Crippen LogP) is 2.98. The topological polar surface area (TPSA) is 55.3 Å². The summed E-state index contributed by atoms with van der Waals surface area (Å²) in [5.41, 5.74) is 1.84. The molecule has 1 aliphatic heterocycles. The van der Waals surface area contributed by atoms with E-state index in [0.29, 0.717) is 19.1 Å². The van der Waals surface area contributed by atoms with Gasteiger partial charge >= 0.3 is 6.01 Å². The Labute approximate surface area is 151 Å². The predicted molar refractivity (Wildman–Crippen MR) is 91.8 cm³/mol. The molecule has 1 aliphatic rings. The SMILES string of the molecule is Cc1cc(C)nc(OC2CCCN(C(=O)Cc3ccc(F)cc3F)C2)n1. The van der Waals surface area contributed by atoms with E-state index < -0.39 is 11.6 Å². The van der Waals surface area contributed by atoms with Gasteiger partial charge in [0.15, 0.2) is 0 Å². The van der Waals surface area contributed by atoms with Gasteiger partial charge in [-0.15, -0.1) is 0 Å². The largest absolute Gasteiger partial charge is 0.458 e. The molecule has 0 saturated carbocycles. The summed E-state index contributed by atoms with van der Waals surface area (Å²) in [6, 6.07) is 5.43. The molecule has 3 rings (SSSR count). The van der Waals surface area contributed by atoms with Crippen molar-refractivity contribution in [1.29, 1.82) is 0 Å². The molecule has 0 N–H and O–H groups in total. The van der Waals surface area contributed by atoms with Crippen LogP contribution < -0.4 is 4.74 Å². The van der Waals surface area contributed by atoms with Gasteiger partial charge < -0.3 is 9.64 Å². The summed E-state index contributed by atoms with van der Waals surface area (Å²) < 4.78 is 32.6. The Morgan fingerprint density at radius 2 is 1.96 bits per heavy atom. The summed E-state index contributed by atoms with van der Waals surface area (Å²) in [6.45, 7) is 4.73. The highest BCUT2D eigenvalue weighted by Crippen LogP contribution is 2.18. The fraction of sp³-hybridized carbons (Fsp3) is 0.421. The lowest BCUT2D eigenvalue weighted by Gasteiger charge is -2.32. The van der Waals surface area contributed by atoms with Crippen LogP contribution in [0.1, 0.15) is 29.8 Å². The average Bonchev–Trinajstić information content (AvgIpc) is 2.56. The van der Waals surface area contributed by atoms with Crippen LogP contribution in [0.25, 0.3) is 0 Å². The lowest BCUT2D eigenvalue weighted by Crippen LogP contribution is -2.45. The molecule has 0 spiro atoms. The number of carbonyl (C=O) groups is 1. The maximum Gasteiger partial charge on any atom is 0.317 e. The third-order valence-electron chi connectivity index (χ3n) is 4.32. The van der Waals surface area contributed by atoms with Gasteiger partial charge in [0.05, 0.1) is 13.0 Å². The molecule has 1 unspecified atom stereocenters. The maximum absolute atomic E-state index is 13.8. The molecule has 5 nitrogen and oxygen atoms in total. The summed E-state index contributed by atoms with van der Waals surface area (Å²) in [5, 5.41) is 0. The summed E-state index contributed by atoms with van der Waals surface area (Å²) >= 11 is 0. The Morgan fingerprint density at radius 1 is 1.23 bits per heavy atom. The minimum Gasteiger partial charge on any atom is -0.458 e. The zero-order valence-electron chi connectivity index (χ0n) is 14.8. The molecule has 1 fully saturated rings. The molecule has 0 aliphatic carbocycles. The van der Waals surface area contributed by atoms with Crippen LogP contribution in [-0.2, 0) is 11.2 Å². The molecule has 2 heterocycles. The van der Waals surface area contributed by atoms with Crippen molar-refractivity contribution in [1.82, 2.24) is 14.9 Å². The highest BCUT2D eigenvalue weighted by Gasteiger charge is 2.26. The van der Waals surface area contributed by atoms with E-state index in [-0.39, 0.29) is 24.0 Å². The van der Waals surface area contributed by atoms with E-state index in [1.54, 1.807) is 4.90 Å². The highest BCUT2D eigenvalue weighted by atomic mass is 19.1. The molecule has 2 aromatic rings. The fourth-order valence-electron chi connectivity index (χ4n) is 3.10. The van der Waals surface area contributed by atoms with Crippen LogP contribution in [-0.4, -0.2) is 40.0 Å². The number of hydrogen-bond donors (Lipinski definition) is 0. The van der Waals surface area contributed by atoms with E-state index in [1.807, 2.05) is 19.9 Å². The number of halogens is 2. The minimum atomic E-state index is -0.702. The van der Waals surface area contributed by atoms with E-state index in [0.717, 1.165) is 36.4 Å². The van der Waals surface area contributed by atoms with Gasteiger partial charge in [-0.1, -0.05) is 6.07 Å². The number of aryl methyl sites for hydroxylation is 2. The molecule has 7 heteroatoms. The standard InChI is InChI=1S/C19H21F2N3O2/c1-12-8-13(2)23-19(22-12)26-16-4-3-7-24(11-16)18(25)9-14-5-6-15(20)10-17(14)21/h5-6,8,10,16H,3-4,7,9,11H2,1-2H3. The number of carbonyl (C=O) groups excluding carboxylic acids is 1. The van der Waals surface area contributed by atoms with Crippen LogP contribution in [0.4, 0.5) is 8.78 Å². The molecular formula is C19H21F2N3O2. The van der Waals surface area contributed by atoms with Gasteiger partial charge in [-0.25, -0.2) is 18.7 Å². The number of piperidine rings is 1. The first kappa shape index (κ1) is 18.2. The van der Waals surface area contributed by atoms with Crippen LogP contribution in [0, 0.1) is 25.5 Å². The van der Waals surface area contributed by atoms with Gasteiger partial charge in [-0.3, -0.25) is 4.79 Å². The van der Waals surface area contributed by atoms with E-state index >= 15 is 0 Å². The van der Waals surface area contributed by atoms with Crippen molar-refractivity contribution in [2.45, 2.75) is 39.2 Å². The van der Waals surface area contributed by atoms with Crippen molar-refractivity contribution in [2.24, 2.45) is 0 Å². The monoisotopic (exact) mass is 361 g/mol. The average molecular weight is 361 g/mol. The van der Waals surface area contributed by atoms with Crippen LogP contribution in [0.2, 0.25) is 0 Å². The van der Waals surface area contributed by atoms with Crippen LogP contribution >= 0.6 is 0 Å². The van der Waals surface area contributed by atoms with E-state index in [2.05, 4.69) is 9.97 Å². The van der Waals surface area contributed by atoms with Gasteiger partial charge in [0.1, 0.15) is 17.7 Å². The summed E-state index contributed by atoms with van der Waals surface area (Å²) in [5.74, 6) is -1.56. The Kier molecular flexibility index (Phi) is 5.44. The highest BCUT2D eigenvalue weighted by molar-refractivity contribution is 5.79. The molecule has 138 valence electrons. The number of ether oxygens (including phenoxy) is 1. The van der Waals surface area contributed by atoms with Crippen LogP contribution in [0.3, 0.4) is 0 Å². The Morgan fingerprint density at radius 3 is 2.65 bits per heavy atom. The van der Waals surface area contributed by atoms with Crippen molar-refractivity contribution < 1.29 is 18.3 Å². The van der Waals surface area contributed by atoms with Gasteiger partial charge in [0, 0.05) is 24.0 Å². The Hall–Kier alpha value is -2.57. The first-order chi connectivity index (χ1) is 12.4. The van der Waals surface area contributed by atoms with Crippen molar-refractivity contribution in [2.75, 3.05) is 13.1 Å². The Balaban J connectivity index is 1.63. The van der Waals surface area contributed by atoms with Gasteiger partial charge in [-0.2, -0.15) is 0 Å². The third-order valence-corrected chi connectivity index (χ3v) is 4.32. The number of rotatable bonds is 4. The number of likely N-dealkylation sites (tertiary alicyclic amines) is 1. The second-order valence-electron chi connectivity index (χ2n) is 6.57. The summed E-state index contributed by atoms with van der Waals surface area (Å²) in [6.07, 6.45) is 1.28. The third kappa shape index (κ3) is 4.53. The van der Waals surface area contributed by atoms with Crippen molar-refractivity contribution >= 4 is 5.91 Å². The smallest absolute Gasteiger partial charge is 0.317 e. The van der Waals surface area contributed by atoms with Crippen LogP contribution in [0.5, 0.6) is 6.01 Å². The van der Waals surface area contributed by atoms with Crippen molar-refractivity contribution in [3.63, 3.8) is 0 Å².